The second-order valence-electron chi connectivity index (χ2n) is 3.67. The van der Waals surface area contributed by atoms with E-state index in [2.05, 4.69) is 15.0 Å². The molecule has 3 aromatic heterocycles. The van der Waals surface area contributed by atoms with Crippen LogP contribution < -0.4 is 0 Å². The molecule has 86 valence electrons. The highest BCUT2D eigenvalue weighted by Crippen LogP contribution is 2.21. The molecule has 0 aliphatic rings. The summed E-state index contributed by atoms with van der Waals surface area (Å²) < 4.78 is 24.4. The van der Waals surface area contributed by atoms with E-state index in [1.807, 2.05) is 0 Å². The molecule has 0 radical (unpaired) electrons. The van der Waals surface area contributed by atoms with Gasteiger partial charge in [-0.3, -0.25) is 9.97 Å². The number of aromatic nitrogens is 4. The Morgan fingerprint density at radius 2 is 2.00 bits per heavy atom. The first-order valence-corrected chi connectivity index (χ1v) is 6.69. The van der Waals surface area contributed by atoms with Crippen molar-refractivity contribution in [1.82, 2.24) is 18.9 Å². The molecule has 0 unspecified atom stereocenters. The van der Waals surface area contributed by atoms with Crippen LogP contribution in [-0.2, 0) is 10.0 Å². The average Bonchev–Trinajstić information content (AvgIpc) is 2.72. The summed E-state index contributed by atoms with van der Waals surface area (Å²) in [6, 6.07) is 3.53. The molecule has 0 spiro atoms. The van der Waals surface area contributed by atoms with Crippen molar-refractivity contribution in [2.45, 2.75) is 0 Å². The van der Waals surface area contributed by atoms with E-state index in [1.165, 1.54) is 6.33 Å². The summed E-state index contributed by atoms with van der Waals surface area (Å²) in [5.74, 6) is 0. The molecular formula is C10H8N4O2S. The Morgan fingerprint density at radius 3 is 2.76 bits per heavy atom. The van der Waals surface area contributed by atoms with Gasteiger partial charge >= 0.3 is 0 Å². The van der Waals surface area contributed by atoms with Gasteiger partial charge in [-0.2, -0.15) is 0 Å². The first-order chi connectivity index (χ1) is 8.07. The standard InChI is InChI=1S/C10H8N4O2S/c1-17(15,16)14-6-13-8-5-12-7-3-2-4-11-9(7)10(8)14/h2-6H,1H3. The van der Waals surface area contributed by atoms with Crippen molar-refractivity contribution in [1.29, 1.82) is 0 Å². The zero-order valence-corrected chi connectivity index (χ0v) is 9.72. The average molecular weight is 248 g/mol. The van der Waals surface area contributed by atoms with Crippen LogP contribution in [0.25, 0.3) is 22.1 Å². The fraction of sp³-hybridized carbons (Fsp3) is 0.100. The largest absolute Gasteiger partial charge is 0.252 e. The zero-order valence-electron chi connectivity index (χ0n) is 8.90. The maximum Gasteiger partial charge on any atom is 0.237 e. The molecule has 0 saturated heterocycles. The summed E-state index contributed by atoms with van der Waals surface area (Å²) >= 11 is 0. The van der Waals surface area contributed by atoms with E-state index in [9.17, 15) is 8.42 Å². The normalized spacial score (nSPS) is 12.3. The minimum absolute atomic E-state index is 0.470. The summed E-state index contributed by atoms with van der Waals surface area (Å²) in [6.45, 7) is 0. The van der Waals surface area contributed by atoms with Crippen LogP contribution in [0.15, 0.2) is 30.9 Å². The molecule has 0 saturated carbocycles. The third kappa shape index (κ3) is 1.47. The van der Waals surface area contributed by atoms with Crippen molar-refractivity contribution in [3.8, 4) is 0 Å². The van der Waals surface area contributed by atoms with Crippen LogP contribution >= 0.6 is 0 Å². The third-order valence-corrected chi connectivity index (χ3v) is 3.45. The summed E-state index contributed by atoms with van der Waals surface area (Å²) in [5, 5.41) is 0. The lowest BCUT2D eigenvalue weighted by Gasteiger charge is -2.02. The molecule has 0 fully saturated rings. The smallest absolute Gasteiger partial charge is 0.237 e. The van der Waals surface area contributed by atoms with E-state index < -0.39 is 10.0 Å². The molecular weight excluding hydrogens is 240 g/mol. The minimum Gasteiger partial charge on any atom is -0.252 e. The molecule has 0 amide bonds. The van der Waals surface area contributed by atoms with Gasteiger partial charge in [-0.05, 0) is 12.1 Å². The second-order valence-corrected chi connectivity index (χ2v) is 5.53. The minimum atomic E-state index is -3.39. The van der Waals surface area contributed by atoms with Gasteiger partial charge in [0.25, 0.3) is 0 Å². The van der Waals surface area contributed by atoms with Crippen molar-refractivity contribution in [2.24, 2.45) is 0 Å². The molecule has 3 aromatic rings. The molecule has 3 rings (SSSR count). The molecule has 0 atom stereocenters. The quantitative estimate of drug-likeness (QED) is 0.636. The van der Waals surface area contributed by atoms with Gasteiger partial charge in [-0.25, -0.2) is 17.4 Å². The van der Waals surface area contributed by atoms with Gasteiger partial charge in [0.1, 0.15) is 22.9 Å². The Bertz CT molecular complexity index is 823. The van der Waals surface area contributed by atoms with Crippen molar-refractivity contribution < 1.29 is 8.42 Å². The molecule has 0 aliphatic heterocycles. The lowest BCUT2D eigenvalue weighted by Crippen LogP contribution is -2.08. The van der Waals surface area contributed by atoms with Crippen LogP contribution in [0.5, 0.6) is 0 Å². The zero-order chi connectivity index (χ0) is 12.0. The molecule has 0 N–H and O–H groups in total. The molecule has 17 heavy (non-hydrogen) atoms. The van der Waals surface area contributed by atoms with Crippen LogP contribution in [0.1, 0.15) is 0 Å². The van der Waals surface area contributed by atoms with E-state index in [4.69, 9.17) is 0 Å². The number of pyridine rings is 2. The van der Waals surface area contributed by atoms with Crippen LogP contribution in [0.2, 0.25) is 0 Å². The number of hydrogen-bond donors (Lipinski definition) is 0. The second kappa shape index (κ2) is 3.24. The first-order valence-electron chi connectivity index (χ1n) is 4.85. The monoisotopic (exact) mass is 248 g/mol. The summed E-state index contributed by atoms with van der Waals surface area (Å²) in [6.07, 6.45) is 5.54. The fourth-order valence-corrected chi connectivity index (χ4v) is 2.46. The van der Waals surface area contributed by atoms with Gasteiger partial charge in [0.2, 0.25) is 10.0 Å². The van der Waals surface area contributed by atoms with Crippen molar-refractivity contribution in [2.75, 3.05) is 6.26 Å². The van der Waals surface area contributed by atoms with Gasteiger partial charge in [-0.15, -0.1) is 0 Å². The lowest BCUT2D eigenvalue weighted by molar-refractivity contribution is 0.595. The van der Waals surface area contributed by atoms with E-state index in [1.54, 1.807) is 24.5 Å². The Balaban J connectivity index is 2.60. The maximum atomic E-state index is 11.6. The Hall–Kier alpha value is -2.02. The predicted octanol–water partition coefficient (Wildman–Crippen LogP) is 0.787. The number of nitrogens with zero attached hydrogens (tertiary/aromatic N) is 4. The number of fused-ring (bicyclic) bond motifs is 3. The Kier molecular flexibility index (Phi) is 1.93. The van der Waals surface area contributed by atoms with Gasteiger partial charge in [0, 0.05) is 6.20 Å². The highest BCUT2D eigenvalue weighted by atomic mass is 32.2. The molecule has 6 nitrogen and oxygen atoms in total. The van der Waals surface area contributed by atoms with E-state index in [0.717, 1.165) is 10.2 Å². The van der Waals surface area contributed by atoms with Gasteiger partial charge < -0.3 is 0 Å². The van der Waals surface area contributed by atoms with E-state index >= 15 is 0 Å². The number of hydrogen-bond acceptors (Lipinski definition) is 5. The number of rotatable bonds is 1. The number of imidazole rings is 1. The maximum absolute atomic E-state index is 11.6. The fourth-order valence-electron chi connectivity index (χ4n) is 1.73. The Labute approximate surface area is 97.0 Å². The summed E-state index contributed by atoms with van der Waals surface area (Å²) in [7, 11) is -3.39. The van der Waals surface area contributed by atoms with Crippen LogP contribution in [0.4, 0.5) is 0 Å². The molecule has 7 heteroatoms. The molecule has 0 bridgehead atoms. The molecule has 3 heterocycles. The first kappa shape index (κ1) is 10.2. The van der Waals surface area contributed by atoms with Crippen molar-refractivity contribution in [3.05, 3.63) is 30.9 Å². The molecule has 0 aromatic carbocycles. The predicted molar refractivity (Wildman–Crippen MR) is 63.1 cm³/mol. The topological polar surface area (TPSA) is 77.7 Å². The molecule has 0 aliphatic carbocycles. The van der Waals surface area contributed by atoms with Crippen LogP contribution in [-0.4, -0.2) is 33.6 Å². The van der Waals surface area contributed by atoms with E-state index in [0.29, 0.717) is 22.1 Å². The third-order valence-electron chi connectivity index (χ3n) is 2.46. The van der Waals surface area contributed by atoms with Gasteiger partial charge in [-0.1, -0.05) is 0 Å². The van der Waals surface area contributed by atoms with E-state index in [-0.39, 0.29) is 0 Å². The lowest BCUT2D eigenvalue weighted by atomic mass is 10.3. The summed E-state index contributed by atoms with van der Waals surface area (Å²) in [5.41, 5.74) is 2.16. The SMILES string of the molecule is CS(=O)(=O)n1cnc2cnc3cccnc3c21. The van der Waals surface area contributed by atoms with Gasteiger partial charge in [0.15, 0.2) is 0 Å². The highest BCUT2D eigenvalue weighted by Gasteiger charge is 2.14. The van der Waals surface area contributed by atoms with Crippen molar-refractivity contribution >= 4 is 32.1 Å². The summed E-state index contributed by atoms with van der Waals surface area (Å²) in [4.78, 5) is 12.4. The Morgan fingerprint density at radius 1 is 1.18 bits per heavy atom. The van der Waals surface area contributed by atoms with Crippen LogP contribution in [0.3, 0.4) is 0 Å². The van der Waals surface area contributed by atoms with Gasteiger partial charge in [0.05, 0.1) is 18.0 Å². The van der Waals surface area contributed by atoms with Crippen molar-refractivity contribution in [3.63, 3.8) is 0 Å². The van der Waals surface area contributed by atoms with Crippen LogP contribution in [0, 0.1) is 0 Å². The highest BCUT2D eigenvalue weighted by molar-refractivity contribution is 7.89.